The van der Waals surface area contributed by atoms with Crippen molar-refractivity contribution in [3.8, 4) is 0 Å². The van der Waals surface area contributed by atoms with Crippen LogP contribution in [-0.4, -0.2) is 22.1 Å². The van der Waals surface area contributed by atoms with E-state index in [0.29, 0.717) is 34.5 Å². The number of nitro benzene ring substituents is 1. The minimum absolute atomic E-state index is 0.0277. The van der Waals surface area contributed by atoms with Crippen LogP contribution < -0.4 is 4.90 Å². The summed E-state index contributed by atoms with van der Waals surface area (Å²) in [6.07, 6.45) is 0. The smallest absolute Gasteiger partial charge is 0.271 e. The maximum absolute atomic E-state index is 10.8. The van der Waals surface area contributed by atoms with Gasteiger partial charge in [0, 0.05) is 26.1 Å². The fourth-order valence-corrected chi connectivity index (χ4v) is 2.41. The first-order valence-corrected chi connectivity index (χ1v) is 6.21. The molecule has 0 saturated heterocycles. The second kappa shape index (κ2) is 5.46. The Kier molecular flexibility index (Phi) is 3.89. The van der Waals surface area contributed by atoms with E-state index in [1.165, 1.54) is 12.1 Å². The predicted molar refractivity (Wildman–Crippen MR) is 74.0 cm³/mol. The molecule has 0 bridgehead atoms. The van der Waals surface area contributed by atoms with Gasteiger partial charge in [-0.1, -0.05) is 16.8 Å². The third-order valence-corrected chi connectivity index (χ3v) is 3.07. The summed E-state index contributed by atoms with van der Waals surface area (Å²) in [5.74, 6) is 1.01. The van der Waals surface area contributed by atoms with Gasteiger partial charge in [0.05, 0.1) is 22.2 Å². The van der Waals surface area contributed by atoms with Crippen LogP contribution >= 0.6 is 11.6 Å². The standard InChI is InChI=1S/C12H13ClN4O3/c1-7-4-9(17(18)19)5-10(13)12(7)16(3)6-11-14-8(2)20-15-11/h4-5H,6H2,1-3H3. The number of non-ortho nitro benzene ring substituents is 1. The van der Waals surface area contributed by atoms with Crippen LogP contribution in [0.4, 0.5) is 11.4 Å². The molecule has 0 unspecified atom stereocenters. The molecule has 1 heterocycles. The van der Waals surface area contributed by atoms with Gasteiger partial charge in [0.2, 0.25) is 5.89 Å². The van der Waals surface area contributed by atoms with Crippen molar-refractivity contribution < 1.29 is 9.45 Å². The van der Waals surface area contributed by atoms with Crippen molar-refractivity contribution >= 4 is 23.0 Å². The van der Waals surface area contributed by atoms with Crippen molar-refractivity contribution in [1.29, 1.82) is 0 Å². The lowest BCUT2D eigenvalue weighted by Gasteiger charge is -2.20. The normalized spacial score (nSPS) is 10.6. The molecule has 0 radical (unpaired) electrons. The SMILES string of the molecule is Cc1nc(CN(C)c2c(C)cc([N+](=O)[O-])cc2Cl)no1. The molecule has 0 atom stereocenters. The molecular formula is C12H13ClN4O3. The zero-order chi connectivity index (χ0) is 14.9. The van der Waals surface area contributed by atoms with Gasteiger partial charge < -0.3 is 9.42 Å². The molecule has 1 aromatic heterocycles. The third kappa shape index (κ3) is 2.88. The summed E-state index contributed by atoms with van der Waals surface area (Å²) >= 11 is 6.13. The van der Waals surface area contributed by atoms with Crippen LogP contribution in [0.25, 0.3) is 0 Å². The molecule has 2 rings (SSSR count). The van der Waals surface area contributed by atoms with Crippen LogP contribution in [0.1, 0.15) is 17.3 Å². The number of nitrogens with zero attached hydrogens (tertiary/aromatic N) is 4. The molecule has 0 amide bonds. The molecule has 0 fully saturated rings. The highest BCUT2D eigenvalue weighted by molar-refractivity contribution is 6.33. The van der Waals surface area contributed by atoms with Gasteiger partial charge in [-0.05, 0) is 12.5 Å². The Morgan fingerprint density at radius 2 is 2.15 bits per heavy atom. The molecule has 20 heavy (non-hydrogen) atoms. The van der Waals surface area contributed by atoms with E-state index < -0.39 is 4.92 Å². The van der Waals surface area contributed by atoms with E-state index in [2.05, 4.69) is 10.1 Å². The van der Waals surface area contributed by atoms with E-state index in [1.54, 1.807) is 13.8 Å². The lowest BCUT2D eigenvalue weighted by molar-refractivity contribution is -0.384. The fourth-order valence-electron chi connectivity index (χ4n) is 2.00. The van der Waals surface area contributed by atoms with Crippen LogP contribution in [-0.2, 0) is 6.54 Å². The number of nitro groups is 1. The fraction of sp³-hybridized carbons (Fsp3) is 0.333. The largest absolute Gasteiger partial charge is 0.365 e. The second-order valence-corrected chi connectivity index (χ2v) is 4.84. The lowest BCUT2D eigenvalue weighted by atomic mass is 10.1. The van der Waals surface area contributed by atoms with Crippen LogP contribution in [0.5, 0.6) is 0 Å². The van der Waals surface area contributed by atoms with Crippen molar-refractivity contribution in [1.82, 2.24) is 10.1 Å². The average molecular weight is 297 g/mol. The Labute approximate surface area is 120 Å². The number of rotatable bonds is 4. The summed E-state index contributed by atoms with van der Waals surface area (Å²) < 4.78 is 4.90. The molecule has 0 aliphatic rings. The molecule has 0 N–H and O–H groups in total. The minimum Gasteiger partial charge on any atom is -0.365 e. The van der Waals surface area contributed by atoms with Crippen LogP contribution in [0.15, 0.2) is 16.7 Å². The predicted octanol–water partition coefficient (Wildman–Crippen LogP) is 2.88. The number of hydrogen-bond donors (Lipinski definition) is 0. The maximum Gasteiger partial charge on any atom is 0.271 e. The highest BCUT2D eigenvalue weighted by Crippen LogP contribution is 2.33. The van der Waals surface area contributed by atoms with Crippen LogP contribution in [0.2, 0.25) is 5.02 Å². The van der Waals surface area contributed by atoms with Gasteiger partial charge in [0.1, 0.15) is 0 Å². The summed E-state index contributed by atoms with van der Waals surface area (Å²) in [6.45, 7) is 3.88. The van der Waals surface area contributed by atoms with Crippen molar-refractivity contribution in [3.63, 3.8) is 0 Å². The number of halogens is 1. The van der Waals surface area contributed by atoms with Crippen LogP contribution in [0.3, 0.4) is 0 Å². The van der Waals surface area contributed by atoms with Crippen molar-refractivity contribution in [2.24, 2.45) is 0 Å². The molecule has 0 saturated carbocycles. The number of benzene rings is 1. The monoisotopic (exact) mass is 296 g/mol. The molecule has 106 valence electrons. The van der Waals surface area contributed by atoms with Gasteiger partial charge >= 0.3 is 0 Å². The number of anilines is 1. The van der Waals surface area contributed by atoms with Crippen LogP contribution in [0, 0.1) is 24.0 Å². The lowest BCUT2D eigenvalue weighted by Crippen LogP contribution is -2.19. The Morgan fingerprint density at radius 3 is 2.65 bits per heavy atom. The van der Waals surface area contributed by atoms with Crippen molar-refractivity contribution in [3.05, 3.63) is 44.5 Å². The topological polar surface area (TPSA) is 85.3 Å². The van der Waals surface area contributed by atoms with Crippen molar-refractivity contribution in [2.45, 2.75) is 20.4 Å². The number of hydrogen-bond acceptors (Lipinski definition) is 6. The summed E-state index contributed by atoms with van der Waals surface area (Å²) in [5.41, 5.74) is 1.40. The zero-order valence-corrected chi connectivity index (χ0v) is 12.0. The Hall–Kier alpha value is -2.15. The minimum atomic E-state index is -0.467. The average Bonchev–Trinajstić information content (AvgIpc) is 2.73. The quantitative estimate of drug-likeness (QED) is 0.637. The van der Waals surface area contributed by atoms with E-state index in [4.69, 9.17) is 16.1 Å². The maximum atomic E-state index is 10.8. The van der Waals surface area contributed by atoms with E-state index >= 15 is 0 Å². The summed E-state index contributed by atoms with van der Waals surface area (Å²) in [4.78, 5) is 16.2. The Balaban J connectivity index is 2.30. The van der Waals surface area contributed by atoms with Gasteiger partial charge in [-0.3, -0.25) is 10.1 Å². The molecule has 8 heteroatoms. The molecule has 0 aliphatic carbocycles. The molecule has 2 aromatic rings. The molecule has 0 spiro atoms. The van der Waals surface area contributed by atoms with Crippen molar-refractivity contribution in [2.75, 3.05) is 11.9 Å². The highest BCUT2D eigenvalue weighted by atomic mass is 35.5. The molecule has 1 aromatic carbocycles. The van der Waals surface area contributed by atoms with E-state index in [1.807, 2.05) is 11.9 Å². The summed E-state index contributed by atoms with van der Waals surface area (Å²) in [7, 11) is 1.81. The van der Waals surface area contributed by atoms with Gasteiger partial charge in [0.25, 0.3) is 5.69 Å². The zero-order valence-electron chi connectivity index (χ0n) is 11.3. The molecular weight excluding hydrogens is 284 g/mol. The Morgan fingerprint density at radius 1 is 1.45 bits per heavy atom. The number of aromatic nitrogens is 2. The number of aryl methyl sites for hydroxylation is 2. The first-order valence-electron chi connectivity index (χ1n) is 5.83. The van der Waals surface area contributed by atoms with Gasteiger partial charge in [-0.25, -0.2) is 0 Å². The summed E-state index contributed by atoms with van der Waals surface area (Å²) in [5, 5.41) is 14.9. The van der Waals surface area contributed by atoms with Gasteiger partial charge in [-0.2, -0.15) is 4.98 Å². The van der Waals surface area contributed by atoms with E-state index in [0.717, 1.165) is 0 Å². The van der Waals surface area contributed by atoms with E-state index in [9.17, 15) is 10.1 Å². The summed E-state index contributed by atoms with van der Waals surface area (Å²) in [6, 6.07) is 2.82. The van der Waals surface area contributed by atoms with Gasteiger partial charge in [-0.15, -0.1) is 0 Å². The molecule has 7 nitrogen and oxygen atoms in total. The highest BCUT2D eigenvalue weighted by Gasteiger charge is 2.17. The van der Waals surface area contributed by atoms with Gasteiger partial charge in [0.15, 0.2) is 5.82 Å². The molecule has 0 aliphatic heterocycles. The Bertz CT molecular complexity index is 633. The third-order valence-electron chi connectivity index (χ3n) is 2.78. The van der Waals surface area contributed by atoms with E-state index in [-0.39, 0.29) is 5.69 Å². The first-order chi connectivity index (χ1) is 9.38. The first kappa shape index (κ1) is 14.3. The second-order valence-electron chi connectivity index (χ2n) is 4.44.